The van der Waals surface area contributed by atoms with E-state index in [9.17, 15) is 4.79 Å². The molecule has 1 rings (SSSR count). The number of amides is 1. The highest BCUT2D eigenvalue weighted by Gasteiger charge is 2.21. The van der Waals surface area contributed by atoms with E-state index >= 15 is 0 Å². The molecule has 1 atom stereocenters. The summed E-state index contributed by atoms with van der Waals surface area (Å²) in [5.41, 5.74) is 0. The quantitative estimate of drug-likeness (QED) is 0.651. The SMILES string of the molecule is CC(SCCCO)C(=O)N1CCNCC1. The lowest BCUT2D eigenvalue weighted by Gasteiger charge is -2.29. The van der Waals surface area contributed by atoms with E-state index in [0.717, 1.165) is 38.4 Å². The van der Waals surface area contributed by atoms with Crippen LogP contribution in [0.1, 0.15) is 13.3 Å². The Bertz CT molecular complexity index is 196. The number of aliphatic hydroxyl groups is 1. The summed E-state index contributed by atoms with van der Waals surface area (Å²) in [6.45, 7) is 5.61. The number of rotatable bonds is 5. The molecule has 1 unspecified atom stereocenters. The van der Waals surface area contributed by atoms with E-state index < -0.39 is 0 Å². The molecule has 1 saturated heterocycles. The van der Waals surface area contributed by atoms with E-state index in [1.165, 1.54) is 0 Å². The van der Waals surface area contributed by atoms with Gasteiger partial charge in [0.25, 0.3) is 0 Å². The van der Waals surface area contributed by atoms with Crippen LogP contribution in [0.2, 0.25) is 0 Å². The first-order valence-electron chi connectivity index (χ1n) is 5.47. The summed E-state index contributed by atoms with van der Waals surface area (Å²) in [5.74, 6) is 1.09. The Hall–Kier alpha value is -0.260. The number of piperazine rings is 1. The van der Waals surface area contributed by atoms with Crippen molar-refractivity contribution in [3.8, 4) is 0 Å². The monoisotopic (exact) mass is 232 g/mol. The second kappa shape index (κ2) is 7.09. The van der Waals surface area contributed by atoms with Gasteiger partial charge < -0.3 is 15.3 Å². The predicted molar refractivity (Wildman–Crippen MR) is 63.1 cm³/mol. The van der Waals surface area contributed by atoms with Gasteiger partial charge in [0.05, 0.1) is 5.25 Å². The van der Waals surface area contributed by atoms with Crippen LogP contribution in [0, 0.1) is 0 Å². The molecule has 0 aromatic rings. The molecule has 15 heavy (non-hydrogen) atoms. The van der Waals surface area contributed by atoms with Gasteiger partial charge in [-0.2, -0.15) is 0 Å². The summed E-state index contributed by atoms with van der Waals surface area (Å²) in [7, 11) is 0. The fraction of sp³-hybridized carbons (Fsp3) is 0.900. The molecule has 4 nitrogen and oxygen atoms in total. The third-order valence-electron chi connectivity index (χ3n) is 2.45. The molecule has 1 aliphatic heterocycles. The molecule has 0 saturated carbocycles. The second-order valence-corrected chi connectivity index (χ2v) is 5.11. The first kappa shape index (κ1) is 12.8. The molecule has 0 aromatic carbocycles. The van der Waals surface area contributed by atoms with Gasteiger partial charge in [-0.1, -0.05) is 0 Å². The highest BCUT2D eigenvalue weighted by Crippen LogP contribution is 2.14. The van der Waals surface area contributed by atoms with Gasteiger partial charge >= 0.3 is 0 Å². The summed E-state index contributed by atoms with van der Waals surface area (Å²) >= 11 is 1.63. The lowest BCUT2D eigenvalue weighted by Crippen LogP contribution is -2.48. The first-order chi connectivity index (χ1) is 7.25. The first-order valence-corrected chi connectivity index (χ1v) is 6.52. The average Bonchev–Trinajstić information content (AvgIpc) is 2.29. The van der Waals surface area contributed by atoms with Gasteiger partial charge in [-0.15, -0.1) is 11.8 Å². The third-order valence-corrected chi connectivity index (χ3v) is 3.67. The van der Waals surface area contributed by atoms with E-state index in [4.69, 9.17) is 5.11 Å². The van der Waals surface area contributed by atoms with Crippen molar-refractivity contribution in [3.63, 3.8) is 0 Å². The molecule has 5 heteroatoms. The fourth-order valence-electron chi connectivity index (χ4n) is 1.54. The molecule has 1 heterocycles. The van der Waals surface area contributed by atoms with Gasteiger partial charge in [-0.25, -0.2) is 0 Å². The van der Waals surface area contributed by atoms with Gasteiger partial charge in [-0.05, 0) is 19.1 Å². The molecule has 0 radical (unpaired) electrons. The number of nitrogens with one attached hydrogen (secondary N) is 1. The molecular formula is C10H20N2O2S. The predicted octanol–water partition coefficient (Wildman–Crippen LogP) is -0.0777. The molecule has 0 spiro atoms. The van der Waals surface area contributed by atoms with Gasteiger partial charge in [0.15, 0.2) is 0 Å². The van der Waals surface area contributed by atoms with Crippen molar-refractivity contribution in [2.45, 2.75) is 18.6 Å². The minimum absolute atomic E-state index is 0.0228. The van der Waals surface area contributed by atoms with Crippen molar-refractivity contribution in [3.05, 3.63) is 0 Å². The van der Waals surface area contributed by atoms with Crippen LogP contribution in [0.25, 0.3) is 0 Å². The van der Waals surface area contributed by atoms with Crippen molar-refractivity contribution >= 4 is 17.7 Å². The van der Waals surface area contributed by atoms with E-state index in [0.29, 0.717) is 0 Å². The van der Waals surface area contributed by atoms with Crippen LogP contribution in [0.3, 0.4) is 0 Å². The summed E-state index contributed by atoms with van der Waals surface area (Å²) in [6.07, 6.45) is 0.768. The molecule has 1 aliphatic rings. The summed E-state index contributed by atoms with van der Waals surface area (Å²) in [5, 5.41) is 11.9. The van der Waals surface area contributed by atoms with Crippen LogP contribution in [0.5, 0.6) is 0 Å². The number of nitrogens with zero attached hydrogens (tertiary/aromatic N) is 1. The van der Waals surface area contributed by atoms with Crippen molar-refractivity contribution in [2.24, 2.45) is 0 Å². The number of carbonyl (C=O) groups is 1. The van der Waals surface area contributed by atoms with Crippen LogP contribution in [-0.2, 0) is 4.79 Å². The zero-order chi connectivity index (χ0) is 11.1. The van der Waals surface area contributed by atoms with Gasteiger partial charge in [0.2, 0.25) is 5.91 Å². The minimum atomic E-state index is 0.0228. The number of hydrogen-bond donors (Lipinski definition) is 2. The van der Waals surface area contributed by atoms with Crippen LogP contribution >= 0.6 is 11.8 Å². The zero-order valence-electron chi connectivity index (χ0n) is 9.24. The lowest BCUT2D eigenvalue weighted by atomic mass is 10.3. The normalized spacial score (nSPS) is 18.9. The Labute approximate surface area is 95.4 Å². The zero-order valence-corrected chi connectivity index (χ0v) is 10.1. The van der Waals surface area contributed by atoms with E-state index in [1.807, 2.05) is 11.8 Å². The Morgan fingerprint density at radius 3 is 2.80 bits per heavy atom. The Kier molecular flexibility index (Phi) is 6.05. The maximum atomic E-state index is 11.9. The minimum Gasteiger partial charge on any atom is -0.396 e. The van der Waals surface area contributed by atoms with Gasteiger partial charge in [-0.3, -0.25) is 4.79 Å². The summed E-state index contributed by atoms with van der Waals surface area (Å²) < 4.78 is 0. The molecule has 0 aromatic heterocycles. The molecule has 2 N–H and O–H groups in total. The van der Waals surface area contributed by atoms with E-state index in [-0.39, 0.29) is 17.8 Å². The summed E-state index contributed by atoms with van der Waals surface area (Å²) in [4.78, 5) is 13.8. The highest BCUT2D eigenvalue weighted by molar-refractivity contribution is 8.00. The maximum Gasteiger partial charge on any atom is 0.235 e. The topological polar surface area (TPSA) is 52.6 Å². The highest BCUT2D eigenvalue weighted by atomic mass is 32.2. The molecular weight excluding hydrogens is 212 g/mol. The molecule has 1 amide bonds. The number of hydrogen-bond acceptors (Lipinski definition) is 4. The fourth-order valence-corrected chi connectivity index (χ4v) is 2.48. The number of carbonyl (C=O) groups excluding carboxylic acids is 1. The molecule has 88 valence electrons. The largest absolute Gasteiger partial charge is 0.396 e. The van der Waals surface area contributed by atoms with E-state index in [2.05, 4.69) is 5.32 Å². The lowest BCUT2D eigenvalue weighted by molar-refractivity contribution is -0.130. The van der Waals surface area contributed by atoms with Crippen LogP contribution in [0.15, 0.2) is 0 Å². The van der Waals surface area contributed by atoms with E-state index in [1.54, 1.807) is 11.8 Å². The van der Waals surface area contributed by atoms with Crippen molar-refractivity contribution in [1.29, 1.82) is 0 Å². The Balaban J connectivity index is 2.24. The second-order valence-electron chi connectivity index (χ2n) is 3.67. The maximum absolute atomic E-state index is 11.9. The van der Waals surface area contributed by atoms with Crippen molar-refractivity contribution in [2.75, 3.05) is 38.5 Å². The van der Waals surface area contributed by atoms with Crippen molar-refractivity contribution in [1.82, 2.24) is 10.2 Å². The summed E-state index contributed by atoms with van der Waals surface area (Å²) in [6, 6.07) is 0. The smallest absolute Gasteiger partial charge is 0.235 e. The third kappa shape index (κ3) is 4.40. The Morgan fingerprint density at radius 1 is 1.53 bits per heavy atom. The Morgan fingerprint density at radius 2 is 2.20 bits per heavy atom. The van der Waals surface area contributed by atoms with Crippen LogP contribution < -0.4 is 5.32 Å². The standard InChI is InChI=1S/C10H20N2O2S/c1-9(15-8-2-7-13)10(14)12-5-3-11-4-6-12/h9,11,13H,2-8H2,1H3. The number of aliphatic hydroxyl groups excluding tert-OH is 1. The molecule has 0 aliphatic carbocycles. The van der Waals surface area contributed by atoms with Crippen LogP contribution in [0.4, 0.5) is 0 Å². The molecule has 0 bridgehead atoms. The molecule has 1 fully saturated rings. The van der Waals surface area contributed by atoms with Gasteiger partial charge in [0.1, 0.15) is 0 Å². The average molecular weight is 232 g/mol. The van der Waals surface area contributed by atoms with Gasteiger partial charge in [0, 0.05) is 32.8 Å². The number of thioether (sulfide) groups is 1. The van der Waals surface area contributed by atoms with Crippen molar-refractivity contribution < 1.29 is 9.90 Å². The van der Waals surface area contributed by atoms with Crippen LogP contribution in [-0.4, -0.2) is 59.7 Å².